The van der Waals surface area contributed by atoms with Gasteiger partial charge in [0.1, 0.15) is 0 Å². The Bertz CT molecular complexity index is 740. The molecule has 8 nitrogen and oxygen atoms in total. The maximum Gasteiger partial charge on any atom is 0.343 e. The third-order valence-corrected chi connectivity index (χ3v) is 6.90. The van der Waals surface area contributed by atoms with E-state index in [4.69, 9.17) is 0 Å². The van der Waals surface area contributed by atoms with Crippen LogP contribution in [0, 0.1) is 0 Å². The fourth-order valence-electron chi connectivity index (χ4n) is 2.87. The summed E-state index contributed by atoms with van der Waals surface area (Å²) in [6, 6.07) is -0.257. The highest BCUT2D eigenvalue weighted by molar-refractivity contribution is 8.00. The van der Waals surface area contributed by atoms with Crippen molar-refractivity contribution in [1.29, 1.82) is 0 Å². The Morgan fingerprint density at radius 2 is 2.21 bits per heavy atom. The van der Waals surface area contributed by atoms with Crippen molar-refractivity contribution in [2.45, 2.75) is 56.6 Å². The van der Waals surface area contributed by atoms with Crippen LogP contribution in [-0.4, -0.2) is 63.3 Å². The molecule has 0 aliphatic carbocycles. The van der Waals surface area contributed by atoms with Crippen LogP contribution in [0.25, 0.3) is 0 Å². The van der Waals surface area contributed by atoms with Crippen molar-refractivity contribution in [2.75, 3.05) is 18.1 Å². The van der Waals surface area contributed by atoms with E-state index < -0.39 is 15.1 Å². The normalized spacial score (nSPS) is 20.9. The number of hydrogen-bond acceptors (Lipinski definition) is 6. The summed E-state index contributed by atoms with van der Waals surface area (Å²) in [6.45, 7) is 6.57. The van der Waals surface area contributed by atoms with E-state index in [-0.39, 0.29) is 29.1 Å². The largest absolute Gasteiger partial charge is 0.343 e. The molecule has 136 valence electrons. The predicted molar refractivity (Wildman–Crippen MR) is 92.9 cm³/mol. The van der Waals surface area contributed by atoms with Crippen molar-refractivity contribution in [2.24, 2.45) is 0 Å². The number of nitrogens with one attached hydrogen (secondary N) is 1. The third-order valence-electron chi connectivity index (χ3n) is 4.07. The van der Waals surface area contributed by atoms with Gasteiger partial charge in [0.25, 0.3) is 0 Å². The molecule has 2 heterocycles. The van der Waals surface area contributed by atoms with Crippen LogP contribution in [0.1, 0.15) is 33.6 Å². The average molecular weight is 377 g/mol. The highest BCUT2D eigenvalue weighted by atomic mass is 32.2. The first-order valence-electron chi connectivity index (χ1n) is 8.11. The molecule has 1 aromatic heterocycles. The molecule has 1 fully saturated rings. The quantitative estimate of drug-likeness (QED) is 0.695. The molecule has 10 heteroatoms. The predicted octanol–water partition coefficient (Wildman–Crippen LogP) is 0.498. The summed E-state index contributed by atoms with van der Waals surface area (Å²) >= 11 is 1.22. The van der Waals surface area contributed by atoms with Gasteiger partial charge in [-0.1, -0.05) is 18.7 Å². The molecule has 0 bridgehead atoms. The minimum Gasteiger partial charge on any atom is -0.338 e. The summed E-state index contributed by atoms with van der Waals surface area (Å²) in [6.07, 6.45) is 1.28. The molecule has 1 saturated heterocycles. The molecular weight excluding hydrogens is 352 g/mol. The van der Waals surface area contributed by atoms with Crippen LogP contribution in [0.15, 0.2) is 9.95 Å². The molecule has 24 heavy (non-hydrogen) atoms. The monoisotopic (exact) mass is 376 g/mol. The number of amides is 1. The molecule has 1 aliphatic heterocycles. The molecular formula is C14H24N4O4S2. The molecule has 2 rings (SSSR count). The van der Waals surface area contributed by atoms with Crippen molar-refractivity contribution < 1.29 is 13.2 Å². The van der Waals surface area contributed by atoms with Gasteiger partial charge in [0, 0.05) is 19.1 Å². The number of hydrogen-bond donors (Lipinski definition) is 1. The zero-order valence-electron chi connectivity index (χ0n) is 14.2. The third kappa shape index (κ3) is 4.21. The molecule has 1 N–H and O–H groups in total. The van der Waals surface area contributed by atoms with Gasteiger partial charge in [0.15, 0.2) is 15.0 Å². The van der Waals surface area contributed by atoms with E-state index in [1.54, 1.807) is 11.8 Å². The second-order valence-electron chi connectivity index (χ2n) is 5.90. The first kappa shape index (κ1) is 19.0. The summed E-state index contributed by atoms with van der Waals surface area (Å²) < 4.78 is 24.9. The number of thioether (sulfide) groups is 1. The fraction of sp³-hybridized carbons (Fsp3) is 0.786. The summed E-state index contributed by atoms with van der Waals surface area (Å²) in [7, 11) is -3.04. The Morgan fingerprint density at radius 3 is 2.75 bits per heavy atom. The van der Waals surface area contributed by atoms with E-state index >= 15 is 0 Å². The Kier molecular flexibility index (Phi) is 6.13. The van der Waals surface area contributed by atoms with E-state index in [1.165, 1.54) is 16.3 Å². The minimum absolute atomic E-state index is 0.0346. The van der Waals surface area contributed by atoms with Crippen molar-refractivity contribution in [1.82, 2.24) is 19.7 Å². The van der Waals surface area contributed by atoms with Crippen LogP contribution in [0.5, 0.6) is 0 Å². The highest BCUT2D eigenvalue weighted by Gasteiger charge is 2.35. The number of aromatic amines is 1. The van der Waals surface area contributed by atoms with Crippen LogP contribution in [0.4, 0.5) is 0 Å². The maximum atomic E-state index is 12.7. The van der Waals surface area contributed by atoms with Gasteiger partial charge in [-0.15, -0.1) is 5.10 Å². The molecule has 0 spiro atoms. The topological polar surface area (TPSA) is 105 Å². The number of aromatic nitrogens is 3. The molecule has 0 radical (unpaired) electrons. The van der Waals surface area contributed by atoms with E-state index in [0.29, 0.717) is 24.7 Å². The highest BCUT2D eigenvalue weighted by Crippen LogP contribution is 2.25. The Balaban J connectivity index is 2.09. The number of carbonyl (C=O) groups excluding carboxylic acids is 1. The zero-order valence-corrected chi connectivity index (χ0v) is 15.8. The molecule has 0 unspecified atom stereocenters. The van der Waals surface area contributed by atoms with Gasteiger partial charge in [0.2, 0.25) is 5.91 Å². The maximum absolute atomic E-state index is 12.7. The van der Waals surface area contributed by atoms with Crippen LogP contribution in [0.2, 0.25) is 0 Å². The van der Waals surface area contributed by atoms with Gasteiger partial charge >= 0.3 is 5.69 Å². The fourth-order valence-corrected chi connectivity index (χ4v) is 5.55. The van der Waals surface area contributed by atoms with Crippen LogP contribution >= 0.6 is 11.8 Å². The number of nitrogens with zero attached hydrogens (tertiary/aromatic N) is 3. The van der Waals surface area contributed by atoms with Crippen LogP contribution in [-0.2, 0) is 21.2 Å². The van der Waals surface area contributed by atoms with Gasteiger partial charge in [-0.3, -0.25) is 9.36 Å². The van der Waals surface area contributed by atoms with Gasteiger partial charge in [-0.2, -0.15) is 0 Å². The Labute approximate surface area is 145 Å². The van der Waals surface area contributed by atoms with Gasteiger partial charge in [-0.05, 0) is 26.7 Å². The van der Waals surface area contributed by atoms with E-state index in [1.807, 2.05) is 13.8 Å². The Hall–Kier alpha value is -1.29. The zero-order chi connectivity index (χ0) is 17.9. The second-order valence-corrected chi connectivity index (χ2v) is 9.44. The lowest BCUT2D eigenvalue weighted by Gasteiger charge is -2.29. The van der Waals surface area contributed by atoms with Crippen molar-refractivity contribution >= 4 is 27.5 Å². The summed E-state index contributed by atoms with van der Waals surface area (Å²) in [5.41, 5.74) is -0.284. The summed E-state index contributed by atoms with van der Waals surface area (Å²) in [5, 5.41) is 6.43. The van der Waals surface area contributed by atoms with E-state index in [9.17, 15) is 18.0 Å². The molecule has 1 aromatic rings. The van der Waals surface area contributed by atoms with E-state index in [2.05, 4.69) is 10.2 Å². The average Bonchev–Trinajstić information content (AvgIpc) is 3.04. The van der Waals surface area contributed by atoms with Crippen LogP contribution in [0.3, 0.4) is 0 Å². The number of rotatable bonds is 7. The van der Waals surface area contributed by atoms with Gasteiger partial charge in [-0.25, -0.2) is 18.3 Å². The lowest BCUT2D eigenvalue weighted by atomic mass is 10.2. The number of H-pyrrole nitrogens is 1. The number of sulfone groups is 1. The second kappa shape index (κ2) is 7.73. The van der Waals surface area contributed by atoms with E-state index in [0.717, 1.165) is 6.42 Å². The summed E-state index contributed by atoms with van der Waals surface area (Å²) in [5.74, 6) is 0.0498. The first-order valence-corrected chi connectivity index (χ1v) is 10.8. The van der Waals surface area contributed by atoms with Crippen molar-refractivity contribution in [3.8, 4) is 0 Å². The minimum atomic E-state index is -3.04. The smallest absolute Gasteiger partial charge is 0.338 e. The SMILES string of the molecule is CCCn1c(S[C@H](C)C(=O)N(CC)[C@H]2CCS(=O)(=O)C2)n[nH]c1=O. The lowest BCUT2D eigenvalue weighted by molar-refractivity contribution is -0.131. The molecule has 0 aromatic carbocycles. The molecule has 1 aliphatic rings. The molecule has 0 saturated carbocycles. The van der Waals surface area contributed by atoms with Crippen LogP contribution < -0.4 is 5.69 Å². The van der Waals surface area contributed by atoms with Crippen molar-refractivity contribution in [3.05, 3.63) is 10.5 Å². The molecule has 2 atom stereocenters. The lowest BCUT2D eigenvalue weighted by Crippen LogP contribution is -2.44. The van der Waals surface area contributed by atoms with Gasteiger partial charge in [0.05, 0.1) is 16.8 Å². The van der Waals surface area contributed by atoms with Crippen molar-refractivity contribution in [3.63, 3.8) is 0 Å². The standard InChI is InChI=1S/C14H24N4O4S2/c1-4-7-18-13(20)15-16-14(18)23-10(3)12(19)17(5-2)11-6-8-24(21,22)9-11/h10-11H,4-9H2,1-3H3,(H,15,20)/t10-,11+/m1/s1. The number of carbonyl (C=O) groups is 1. The molecule has 1 amide bonds. The van der Waals surface area contributed by atoms with Gasteiger partial charge < -0.3 is 4.90 Å². The first-order chi connectivity index (χ1) is 11.3. The Morgan fingerprint density at radius 1 is 1.50 bits per heavy atom. The summed E-state index contributed by atoms with van der Waals surface area (Å²) in [4.78, 5) is 26.1.